The van der Waals surface area contributed by atoms with Crippen molar-refractivity contribution < 1.29 is 14.7 Å². The molecule has 0 heterocycles. The number of Topliss-reactive ketones (excluding diaryl/α,β-unsaturated/α-hetero) is 1. The summed E-state index contributed by atoms with van der Waals surface area (Å²) in [5, 5.41) is 8.83. The Morgan fingerprint density at radius 2 is 2.06 bits per heavy atom. The van der Waals surface area contributed by atoms with Crippen molar-refractivity contribution in [3.05, 3.63) is 11.6 Å². The highest BCUT2D eigenvalue weighted by Gasteiger charge is 2.36. The summed E-state index contributed by atoms with van der Waals surface area (Å²) in [6.45, 7) is 7.76. The first kappa shape index (κ1) is 12.9. The molecule has 0 amide bonds. The van der Waals surface area contributed by atoms with Crippen LogP contribution in [0, 0.1) is 10.8 Å². The standard InChI is InChI=1S/C13H20O3/c1-12(2)6-5-9(10(14)7-12)13(3,4)8-11(15)16/h5H,6-8H2,1-4H3,(H,15,16). The molecule has 16 heavy (non-hydrogen) atoms. The lowest BCUT2D eigenvalue weighted by molar-refractivity contribution is -0.138. The van der Waals surface area contributed by atoms with Crippen molar-refractivity contribution >= 4 is 11.8 Å². The molecule has 0 aromatic heterocycles. The van der Waals surface area contributed by atoms with E-state index in [2.05, 4.69) is 13.8 Å². The fourth-order valence-corrected chi connectivity index (χ4v) is 2.22. The van der Waals surface area contributed by atoms with Crippen molar-refractivity contribution in [2.24, 2.45) is 10.8 Å². The molecule has 1 rings (SSSR count). The molecule has 1 aliphatic carbocycles. The van der Waals surface area contributed by atoms with Gasteiger partial charge in [-0.2, -0.15) is 0 Å². The van der Waals surface area contributed by atoms with Crippen LogP contribution in [0.4, 0.5) is 0 Å². The van der Waals surface area contributed by atoms with Crippen LogP contribution in [0.2, 0.25) is 0 Å². The predicted molar refractivity (Wildman–Crippen MR) is 62.1 cm³/mol. The van der Waals surface area contributed by atoms with Crippen LogP contribution in [0.25, 0.3) is 0 Å². The van der Waals surface area contributed by atoms with Gasteiger partial charge in [0.1, 0.15) is 0 Å². The monoisotopic (exact) mass is 224 g/mol. The summed E-state index contributed by atoms with van der Waals surface area (Å²) in [6, 6.07) is 0. The zero-order chi connectivity index (χ0) is 12.6. The van der Waals surface area contributed by atoms with Crippen molar-refractivity contribution in [2.45, 2.75) is 47.0 Å². The zero-order valence-electron chi connectivity index (χ0n) is 10.5. The molecule has 3 nitrogen and oxygen atoms in total. The summed E-state index contributed by atoms with van der Waals surface area (Å²) < 4.78 is 0. The van der Waals surface area contributed by atoms with E-state index in [0.717, 1.165) is 6.42 Å². The van der Waals surface area contributed by atoms with Gasteiger partial charge in [-0.3, -0.25) is 9.59 Å². The largest absolute Gasteiger partial charge is 0.481 e. The number of aliphatic carboxylic acids is 1. The van der Waals surface area contributed by atoms with Gasteiger partial charge in [0.25, 0.3) is 0 Å². The Morgan fingerprint density at radius 1 is 1.50 bits per heavy atom. The number of carbonyl (C=O) groups is 2. The maximum atomic E-state index is 12.0. The zero-order valence-corrected chi connectivity index (χ0v) is 10.5. The number of carbonyl (C=O) groups excluding carboxylic acids is 1. The Labute approximate surface area is 96.5 Å². The van der Waals surface area contributed by atoms with Gasteiger partial charge in [-0.15, -0.1) is 0 Å². The van der Waals surface area contributed by atoms with E-state index in [0.29, 0.717) is 12.0 Å². The van der Waals surface area contributed by atoms with Crippen LogP contribution >= 0.6 is 0 Å². The average Bonchev–Trinajstić information content (AvgIpc) is 1.97. The number of allylic oxidation sites excluding steroid dienone is 2. The van der Waals surface area contributed by atoms with Gasteiger partial charge in [-0.1, -0.05) is 33.8 Å². The fourth-order valence-electron chi connectivity index (χ4n) is 2.22. The van der Waals surface area contributed by atoms with Crippen molar-refractivity contribution in [1.82, 2.24) is 0 Å². The van der Waals surface area contributed by atoms with Crippen LogP contribution in [0.15, 0.2) is 11.6 Å². The van der Waals surface area contributed by atoms with E-state index in [1.165, 1.54) is 0 Å². The van der Waals surface area contributed by atoms with E-state index in [-0.39, 0.29) is 17.6 Å². The second kappa shape index (κ2) is 4.04. The smallest absolute Gasteiger partial charge is 0.304 e. The average molecular weight is 224 g/mol. The van der Waals surface area contributed by atoms with Gasteiger partial charge in [0.2, 0.25) is 0 Å². The van der Waals surface area contributed by atoms with Gasteiger partial charge in [-0.05, 0) is 17.4 Å². The Bertz CT molecular complexity index is 348. The highest BCUT2D eigenvalue weighted by atomic mass is 16.4. The van der Waals surface area contributed by atoms with Crippen LogP contribution in [-0.4, -0.2) is 16.9 Å². The summed E-state index contributed by atoms with van der Waals surface area (Å²) in [6.07, 6.45) is 3.29. The summed E-state index contributed by atoms with van der Waals surface area (Å²) in [7, 11) is 0. The maximum absolute atomic E-state index is 12.0. The minimum absolute atomic E-state index is 0.00496. The molecule has 0 atom stereocenters. The topological polar surface area (TPSA) is 54.4 Å². The highest BCUT2D eigenvalue weighted by molar-refractivity contribution is 5.98. The lowest BCUT2D eigenvalue weighted by Gasteiger charge is -2.33. The minimum Gasteiger partial charge on any atom is -0.481 e. The van der Waals surface area contributed by atoms with Crippen molar-refractivity contribution in [1.29, 1.82) is 0 Å². The molecule has 0 aromatic rings. The molecule has 0 saturated carbocycles. The Hall–Kier alpha value is -1.12. The molecule has 0 unspecified atom stereocenters. The minimum atomic E-state index is -0.858. The summed E-state index contributed by atoms with van der Waals surface area (Å²) in [5.74, 6) is -0.758. The van der Waals surface area contributed by atoms with Gasteiger partial charge in [0, 0.05) is 11.8 Å². The number of hydrogen-bond acceptors (Lipinski definition) is 2. The number of ketones is 1. The summed E-state index contributed by atoms with van der Waals surface area (Å²) in [4.78, 5) is 22.7. The van der Waals surface area contributed by atoms with Gasteiger partial charge in [-0.25, -0.2) is 0 Å². The first-order chi connectivity index (χ1) is 7.14. The first-order valence-electron chi connectivity index (χ1n) is 5.60. The molecule has 3 heteroatoms. The Morgan fingerprint density at radius 3 is 2.50 bits per heavy atom. The molecule has 1 aliphatic rings. The Balaban J connectivity index is 2.93. The summed E-state index contributed by atoms with van der Waals surface area (Å²) >= 11 is 0. The third kappa shape index (κ3) is 2.94. The number of carboxylic acids is 1. The van der Waals surface area contributed by atoms with Gasteiger partial charge in [0.15, 0.2) is 5.78 Å². The molecule has 0 spiro atoms. The molecule has 0 fully saturated rings. The van der Waals surface area contributed by atoms with Crippen LogP contribution in [-0.2, 0) is 9.59 Å². The quantitative estimate of drug-likeness (QED) is 0.802. The van der Waals surface area contributed by atoms with Crippen molar-refractivity contribution in [3.8, 4) is 0 Å². The molecule has 0 aromatic carbocycles. The fraction of sp³-hybridized carbons (Fsp3) is 0.692. The molecule has 0 aliphatic heterocycles. The van der Waals surface area contributed by atoms with E-state index in [1.807, 2.05) is 19.9 Å². The lowest BCUT2D eigenvalue weighted by atomic mass is 9.69. The molecule has 0 radical (unpaired) electrons. The van der Waals surface area contributed by atoms with Crippen LogP contribution < -0.4 is 0 Å². The Kier molecular flexibility index (Phi) is 3.27. The van der Waals surface area contributed by atoms with Crippen molar-refractivity contribution in [3.63, 3.8) is 0 Å². The van der Waals surface area contributed by atoms with Gasteiger partial charge >= 0.3 is 5.97 Å². The van der Waals surface area contributed by atoms with E-state index in [4.69, 9.17) is 5.11 Å². The third-order valence-electron chi connectivity index (χ3n) is 3.12. The van der Waals surface area contributed by atoms with E-state index >= 15 is 0 Å². The summed E-state index contributed by atoms with van der Waals surface area (Å²) in [5.41, 5.74) is 0.147. The maximum Gasteiger partial charge on any atom is 0.304 e. The second-order valence-corrected chi connectivity index (χ2v) is 6.04. The number of carboxylic acid groups (broad SMARTS) is 1. The molecular formula is C13H20O3. The van der Waals surface area contributed by atoms with Crippen LogP contribution in [0.1, 0.15) is 47.0 Å². The molecule has 90 valence electrons. The van der Waals surface area contributed by atoms with E-state index < -0.39 is 11.4 Å². The van der Waals surface area contributed by atoms with E-state index in [1.54, 1.807) is 0 Å². The SMILES string of the molecule is CC1(C)CC=C(C(C)(C)CC(=O)O)C(=O)C1. The normalized spacial score (nSPS) is 20.5. The number of hydrogen-bond donors (Lipinski definition) is 1. The van der Waals surface area contributed by atoms with Crippen molar-refractivity contribution in [2.75, 3.05) is 0 Å². The molecular weight excluding hydrogens is 204 g/mol. The molecule has 0 bridgehead atoms. The van der Waals surface area contributed by atoms with Gasteiger partial charge in [0.05, 0.1) is 6.42 Å². The predicted octanol–water partition coefficient (Wildman–Crippen LogP) is 2.80. The van der Waals surface area contributed by atoms with Crippen LogP contribution in [0.5, 0.6) is 0 Å². The molecule has 1 N–H and O–H groups in total. The van der Waals surface area contributed by atoms with Gasteiger partial charge < -0.3 is 5.11 Å². The second-order valence-electron chi connectivity index (χ2n) is 6.04. The molecule has 0 saturated heterocycles. The first-order valence-corrected chi connectivity index (χ1v) is 5.60. The van der Waals surface area contributed by atoms with Crippen LogP contribution in [0.3, 0.4) is 0 Å². The third-order valence-corrected chi connectivity index (χ3v) is 3.12. The van der Waals surface area contributed by atoms with E-state index in [9.17, 15) is 9.59 Å². The highest BCUT2D eigenvalue weighted by Crippen LogP contribution is 2.40. The lowest BCUT2D eigenvalue weighted by Crippen LogP contribution is -2.31. The number of rotatable bonds is 3.